The zero-order valence-electron chi connectivity index (χ0n) is 16.0. The number of nitrogens with zero attached hydrogens (tertiary/aromatic N) is 2. The monoisotopic (exact) mass is 353 g/mol. The molecule has 5 nitrogen and oxygen atoms in total. The van der Waals surface area contributed by atoms with Gasteiger partial charge >= 0.3 is 0 Å². The molecule has 0 bridgehead atoms. The van der Waals surface area contributed by atoms with Crippen molar-refractivity contribution in [3.63, 3.8) is 0 Å². The number of aromatic amines is 1. The Hall–Kier alpha value is -2.43. The molecule has 1 aromatic heterocycles. The lowest BCUT2D eigenvalue weighted by molar-refractivity contribution is 0.0617. The van der Waals surface area contributed by atoms with Gasteiger partial charge in [-0.05, 0) is 48.8 Å². The molecule has 138 valence electrons. The van der Waals surface area contributed by atoms with Crippen LogP contribution in [-0.2, 0) is 11.8 Å². The third kappa shape index (κ3) is 3.71. The second-order valence-corrected chi connectivity index (χ2v) is 8.49. The van der Waals surface area contributed by atoms with Gasteiger partial charge in [-0.25, -0.2) is 5.10 Å². The van der Waals surface area contributed by atoms with Crippen LogP contribution in [0.4, 0.5) is 0 Å². The van der Waals surface area contributed by atoms with Crippen molar-refractivity contribution in [1.29, 1.82) is 0 Å². The minimum absolute atomic E-state index is 0.118. The van der Waals surface area contributed by atoms with E-state index >= 15 is 0 Å². The van der Waals surface area contributed by atoms with E-state index in [2.05, 4.69) is 62.2 Å². The summed E-state index contributed by atoms with van der Waals surface area (Å²) in [6.07, 6.45) is 2.75. The molecule has 3 rings (SSSR count). The van der Waals surface area contributed by atoms with E-state index in [1.807, 2.05) is 4.90 Å². The number of amides is 1. The predicted molar refractivity (Wildman–Crippen MR) is 102 cm³/mol. The van der Waals surface area contributed by atoms with Crippen LogP contribution in [0.15, 0.2) is 41.2 Å². The number of nitrogens with one attached hydrogen (secondary N) is 1. The maximum Gasteiger partial charge on any atom is 0.274 e. The smallest absolute Gasteiger partial charge is 0.274 e. The largest absolute Gasteiger partial charge is 0.332 e. The molecular formula is C21H27N3O2. The molecule has 0 saturated carbocycles. The van der Waals surface area contributed by atoms with Crippen LogP contribution in [0.2, 0.25) is 0 Å². The molecule has 1 fully saturated rings. The average Bonchev–Trinajstić information content (AvgIpc) is 2.96. The molecule has 1 unspecified atom stereocenters. The molecule has 1 N–H and O–H groups in total. The van der Waals surface area contributed by atoms with Gasteiger partial charge in [-0.3, -0.25) is 9.59 Å². The number of rotatable bonds is 3. The van der Waals surface area contributed by atoms with Crippen LogP contribution in [0.25, 0.3) is 0 Å². The van der Waals surface area contributed by atoms with Gasteiger partial charge in [0.2, 0.25) is 0 Å². The Kier molecular flexibility index (Phi) is 4.74. The van der Waals surface area contributed by atoms with Gasteiger partial charge in [-0.2, -0.15) is 5.10 Å². The van der Waals surface area contributed by atoms with E-state index < -0.39 is 0 Å². The summed E-state index contributed by atoms with van der Waals surface area (Å²) in [5.74, 6) is -0.118. The average molecular weight is 353 g/mol. The van der Waals surface area contributed by atoms with Crippen molar-refractivity contribution in [2.24, 2.45) is 0 Å². The van der Waals surface area contributed by atoms with Crippen LogP contribution in [0.5, 0.6) is 0 Å². The van der Waals surface area contributed by atoms with E-state index in [9.17, 15) is 9.59 Å². The van der Waals surface area contributed by atoms with Gasteiger partial charge in [0.1, 0.15) is 5.69 Å². The topological polar surface area (TPSA) is 66.1 Å². The zero-order valence-corrected chi connectivity index (χ0v) is 16.0. The summed E-state index contributed by atoms with van der Waals surface area (Å²) in [7, 11) is 0. The van der Waals surface area contributed by atoms with Crippen LogP contribution in [0, 0.1) is 0 Å². The summed E-state index contributed by atoms with van der Waals surface area (Å²) in [6, 6.07) is 11.6. The van der Waals surface area contributed by atoms with Crippen LogP contribution < -0.4 is 5.56 Å². The van der Waals surface area contributed by atoms with Gasteiger partial charge in [0.15, 0.2) is 0 Å². The Morgan fingerprint density at radius 1 is 1.19 bits per heavy atom. The first kappa shape index (κ1) is 18.4. The first-order valence-corrected chi connectivity index (χ1v) is 9.16. The van der Waals surface area contributed by atoms with E-state index in [4.69, 9.17) is 0 Å². The number of hydrogen-bond acceptors (Lipinski definition) is 3. The minimum atomic E-state index is -0.301. The van der Waals surface area contributed by atoms with Crippen molar-refractivity contribution in [2.75, 3.05) is 6.54 Å². The van der Waals surface area contributed by atoms with Crippen molar-refractivity contribution < 1.29 is 4.79 Å². The molecule has 2 aromatic rings. The molecule has 1 amide bonds. The summed E-state index contributed by atoms with van der Waals surface area (Å²) in [5.41, 5.74) is 2.43. The number of carbonyl (C=O) groups excluding carboxylic acids is 1. The Morgan fingerprint density at radius 3 is 2.46 bits per heavy atom. The van der Waals surface area contributed by atoms with E-state index in [0.717, 1.165) is 25.8 Å². The molecule has 2 heterocycles. The fourth-order valence-corrected chi connectivity index (χ4v) is 3.72. The van der Waals surface area contributed by atoms with E-state index in [-0.39, 0.29) is 22.4 Å². The molecule has 0 aliphatic carbocycles. The highest BCUT2D eigenvalue weighted by molar-refractivity contribution is 5.92. The standard InChI is InChI=1S/C21H27N3O2/c1-20(2,3)16-8-6-15(7-9-16)14-21(4)12-5-13-24(21)19(26)17-10-11-18(25)23-22-17/h6-11H,5,12-14H2,1-4H3,(H,23,25). The molecule has 0 spiro atoms. The number of carbonyl (C=O) groups is 1. The van der Waals surface area contributed by atoms with Crippen molar-refractivity contribution >= 4 is 5.91 Å². The number of H-pyrrole nitrogens is 1. The fraction of sp³-hybridized carbons (Fsp3) is 0.476. The highest BCUT2D eigenvalue weighted by atomic mass is 16.2. The maximum atomic E-state index is 12.9. The van der Waals surface area contributed by atoms with Crippen LogP contribution in [-0.4, -0.2) is 33.1 Å². The molecule has 1 aromatic carbocycles. The predicted octanol–water partition coefficient (Wildman–Crippen LogP) is 3.30. The highest BCUT2D eigenvalue weighted by Crippen LogP contribution is 2.34. The third-order valence-corrected chi connectivity index (χ3v) is 5.30. The summed E-state index contributed by atoms with van der Waals surface area (Å²) in [5, 5.41) is 6.25. The quantitative estimate of drug-likeness (QED) is 0.921. The van der Waals surface area contributed by atoms with Gasteiger partial charge < -0.3 is 4.90 Å². The van der Waals surface area contributed by atoms with E-state index in [0.29, 0.717) is 5.69 Å². The van der Waals surface area contributed by atoms with Crippen LogP contribution in [0.1, 0.15) is 62.2 Å². The summed E-state index contributed by atoms with van der Waals surface area (Å²) >= 11 is 0. The van der Waals surface area contributed by atoms with Gasteiger partial charge in [0.25, 0.3) is 11.5 Å². The molecule has 1 aliphatic heterocycles. The summed E-state index contributed by atoms with van der Waals surface area (Å²) in [6.45, 7) is 9.48. The lowest BCUT2D eigenvalue weighted by atomic mass is 9.84. The summed E-state index contributed by atoms with van der Waals surface area (Å²) < 4.78 is 0. The molecule has 0 radical (unpaired) electrons. The molecule has 26 heavy (non-hydrogen) atoms. The Bertz CT molecular complexity index is 828. The Morgan fingerprint density at radius 2 is 1.88 bits per heavy atom. The molecule has 1 saturated heterocycles. The highest BCUT2D eigenvalue weighted by Gasteiger charge is 2.40. The number of aromatic nitrogens is 2. The number of benzene rings is 1. The van der Waals surface area contributed by atoms with Gasteiger partial charge in [-0.15, -0.1) is 0 Å². The molecule has 1 atom stereocenters. The van der Waals surface area contributed by atoms with Crippen molar-refractivity contribution in [1.82, 2.24) is 15.1 Å². The summed E-state index contributed by atoms with van der Waals surface area (Å²) in [4.78, 5) is 26.0. The van der Waals surface area contributed by atoms with Crippen LogP contribution >= 0.6 is 0 Å². The fourth-order valence-electron chi connectivity index (χ4n) is 3.72. The van der Waals surface area contributed by atoms with Crippen molar-refractivity contribution in [3.05, 3.63) is 63.6 Å². The molecular weight excluding hydrogens is 326 g/mol. The first-order chi connectivity index (χ1) is 12.2. The lowest BCUT2D eigenvalue weighted by Crippen LogP contribution is -2.47. The van der Waals surface area contributed by atoms with Crippen molar-refractivity contribution in [3.8, 4) is 0 Å². The zero-order chi connectivity index (χ0) is 18.9. The first-order valence-electron chi connectivity index (χ1n) is 9.16. The maximum absolute atomic E-state index is 12.9. The second kappa shape index (κ2) is 6.71. The van der Waals surface area contributed by atoms with Gasteiger partial charge in [-0.1, -0.05) is 45.0 Å². The Labute approximate surface area is 154 Å². The normalized spacial score (nSPS) is 20.4. The number of hydrogen-bond donors (Lipinski definition) is 1. The van der Waals surface area contributed by atoms with Gasteiger partial charge in [0, 0.05) is 18.2 Å². The van der Waals surface area contributed by atoms with E-state index in [1.54, 1.807) is 0 Å². The SMILES string of the molecule is CC(C)(C)c1ccc(CC2(C)CCCN2C(=O)c2ccc(=O)[nH]n2)cc1. The molecule has 5 heteroatoms. The lowest BCUT2D eigenvalue weighted by Gasteiger charge is -2.35. The van der Waals surface area contributed by atoms with Gasteiger partial charge in [0.05, 0.1) is 0 Å². The molecule has 1 aliphatic rings. The number of likely N-dealkylation sites (tertiary alicyclic amines) is 1. The minimum Gasteiger partial charge on any atom is -0.332 e. The third-order valence-electron chi connectivity index (χ3n) is 5.30. The van der Waals surface area contributed by atoms with Crippen LogP contribution in [0.3, 0.4) is 0 Å². The van der Waals surface area contributed by atoms with Crippen molar-refractivity contribution in [2.45, 2.75) is 57.9 Å². The second-order valence-electron chi connectivity index (χ2n) is 8.49. The Balaban J connectivity index is 1.80. The van der Waals surface area contributed by atoms with E-state index in [1.165, 1.54) is 23.3 Å².